The van der Waals surface area contributed by atoms with Gasteiger partial charge in [-0.25, -0.2) is 0 Å². The van der Waals surface area contributed by atoms with Gasteiger partial charge in [0.1, 0.15) is 0 Å². The van der Waals surface area contributed by atoms with Gasteiger partial charge in [0.2, 0.25) is 0 Å². The second-order valence-electron chi connectivity index (χ2n) is 3.95. The van der Waals surface area contributed by atoms with Crippen LogP contribution in [0.3, 0.4) is 0 Å². The molecule has 0 saturated heterocycles. The fourth-order valence-electron chi connectivity index (χ4n) is 1.10. The fourth-order valence-corrected chi connectivity index (χ4v) is 1.10. The van der Waals surface area contributed by atoms with E-state index in [0.29, 0.717) is 0 Å². The summed E-state index contributed by atoms with van der Waals surface area (Å²) in [6.45, 7) is 9.40. The van der Waals surface area contributed by atoms with Crippen LogP contribution in [0.15, 0.2) is 0 Å². The van der Waals surface area contributed by atoms with Crippen molar-refractivity contribution in [2.24, 2.45) is 5.92 Å². The Bertz CT molecular complexity index is 86.7. The highest BCUT2D eigenvalue weighted by Crippen LogP contribution is 2.07. The molecule has 1 heteroatoms. The summed E-state index contributed by atoms with van der Waals surface area (Å²) in [4.78, 5) is 0. The summed E-state index contributed by atoms with van der Waals surface area (Å²) in [6, 6.07) is 0. The van der Waals surface area contributed by atoms with Crippen LogP contribution in [0, 0.1) is 5.92 Å². The van der Waals surface area contributed by atoms with E-state index in [9.17, 15) is 0 Å². The van der Waals surface area contributed by atoms with Crippen molar-refractivity contribution in [3.05, 3.63) is 0 Å². The molecule has 0 aromatic heterocycles. The SMILES string of the molecule is CCC(C)C[N+](C)(C)CC. The monoisotopic (exact) mass is 144 g/mol. The molecule has 0 rings (SSSR count). The fraction of sp³-hybridized carbons (Fsp3) is 1.00. The largest absolute Gasteiger partial charge is 0.328 e. The first-order valence-corrected chi connectivity index (χ1v) is 4.33. The van der Waals surface area contributed by atoms with Crippen LogP contribution in [0.1, 0.15) is 27.2 Å². The molecule has 0 fully saturated rings. The van der Waals surface area contributed by atoms with Crippen molar-refractivity contribution in [2.45, 2.75) is 27.2 Å². The van der Waals surface area contributed by atoms with Gasteiger partial charge in [-0.1, -0.05) is 13.8 Å². The van der Waals surface area contributed by atoms with Crippen LogP contribution < -0.4 is 0 Å². The van der Waals surface area contributed by atoms with Crippen molar-refractivity contribution in [1.29, 1.82) is 0 Å². The van der Waals surface area contributed by atoms with E-state index >= 15 is 0 Å². The van der Waals surface area contributed by atoms with E-state index in [1.165, 1.54) is 19.5 Å². The average Bonchev–Trinajstić information content (AvgIpc) is 1.87. The molecule has 1 atom stereocenters. The molecule has 0 aliphatic heterocycles. The molecule has 0 heterocycles. The molecule has 0 amide bonds. The van der Waals surface area contributed by atoms with Gasteiger partial charge >= 0.3 is 0 Å². The van der Waals surface area contributed by atoms with Crippen LogP contribution >= 0.6 is 0 Å². The highest BCUT2D eigenvalue weighted by atomic mass is 15.3. The molecule has 0 N–H and O–H groups in total. The standard InChI is InChI=1S/C9H22N/c1-6-9(3)8-10(4,5)7-2/h9H,6-8H2,1-5H3/q+1. The zero-order valence-corrected chi connectivity index (χ0v) is 8.15. The minimum atomic E-state index is 0.870. The minimum Gasteiger partial charge on any atom is -0.328 e. The van der Waals surface area contributed by atoms with E-state index in [1.54, 1.807) is 0 Å². The molecule has 0 aliphatic rings. The Balaban J connectivity index is 3.64. The average molecular weight is 144 g/mol. The van der Waals surface area contributed by atoms with Gasteiger partial charge < -0.3 is 4.48 Å². The zero-order valence-electron chi connectivity index (χ0n) is 8.15. The minimum absolute atomic E-state index is 0.870. The number of nitrogens with zero attached hydrogens (tertiary/aromatic N) is 1. The molecular weight excluding hydrogens is 122 g/mol. The summed E-state index contributed by atoms with van der Waals surface area (Å²) in [7, 11) is 4.60. The van der Waals surface area contributed by atoms with Crippen LogP contribution in [-0.4, -0.2) is 31.7 Å². The summed E-state index contributed by atoms with van der Waals surface area (Å²) in [5.41, 5.74) is 0. The summed E-state index contributed by atoms with van der Waals surface area (Å²) < 4.78 is 1.16. The van der Waals surface area contributed by atoms with E-state index in [0.717, 1.165) is 10.4 Å². The van der Waals surface area contributed by atoms with Gasteiger partial charge in [0, 0.05) is 5.92 Å². The number of hydrogen-bond donors (Lipinski definition) is 0. The molecule has 1 nitrogen and oxygen atoms in total. The molecule has 0 aromatic rings. The van der Waals surface area contributed by atoms with E-state index in [2.05, 4.69) is 34.9 Å². The Morgan fingerprint density at radius 2 is 1.70 bits per heavy atom. The lowest BCUT2D eigenvalue weighted by molar-refractivity contribution is -0.891. The molecular formula is C9H22N+. The smallest absolute Gasteiger partial charge is 0.0808 e. The van der Waals surface area contributed by atoms with Gasteiger partial charge in [0.05, 0.1) is 27.2 Å². The van der Waals surface area contributed by atoms with Gasteiger partial charge in [-0.2, -0.15) is 0 Å². The number of rotatable bonds is 4. The van der Waals surface area contributed by atoms with E-state index in [-0.39, 0.29) is 0 Å². The van der Waals surface area contributed by atoms with Crippen molar-refractivity contribution in [1.82, 2.24) is 0 Å². The maximum Gasteiger partial charge on any atom is 0.0808 e. The van der Waals surface area contributed by atoms with E-state index in [1.807, 2.05) is 0 Å². The van der Waals surface area contributed by atoms with Crippen LogP contribution in [0.4, 0.5) is 0 Å². The Kier molecular flexibility index (Phi) is 3.95. The van der Waals surface area contributed by atoms with Crippen LogP contribution in [0.25, 0.3) is 0 Å². The van der Waals surface area contributed by atoms with Crippen LogP contribution in [0.5, 0.6) is 0 Å². The first-order valence-electron chi connectivity index (χ1n) is 4.33. The van der Waals surface area contributed by atoms with Crippen LogP contribution in [-0.2, 0) is 0 Å². The zero-order chi connectivity index (χ0) is 8.20. The number of hydrogen-bond acceptors (Lipinski definition) is 0. The lowest BCUT2D eigenvalue weighted by atomic mass is 10.1. The maximum absolute atomic E-state index is 2.33. The normalized spacial score (nSPS) is 15.3. The van der Waals surface area contributed by atoms with Crippen molar-refractivity contribution in [3.8, 4) is 0 Å². The third-order valence-corrected chi connectivity index (χ3v) is 2.36. The van der Waals surface area contributed by atoms with Crippen LogP contribution in [0.2, 0.25) is 0 Å². The molecule has 0 aromatic carbocycles. The molecule has 0 spiro atoms. The Morgan fingerprint density at radius 1 is 1.20 bits per heavy atom. The van der Waals surface area contributed by atoms with Crippen molar-refractivity contribution >= 4 is 0 Å². The first kappa shape index (κ1) is 9.96. The molecule has 62 valence electrons. The summed E-state index contributed by atoms with van der Waals surface area (Å²) >= 11 is 0. The van der Waals surface area contributed by atoms with Crippen molar-refractivity contribution in [3.63, 3.8) is 0 Å². The second kappa shape index (κ2) is 3.97. The molecule has 1 unspecified atom stereocenters. The van der Waals surface area contributed by atoms with E-state index in [4.69, 9.17) is 0 Å². The summed E-state index contributed by atoms with van der Waals surface area (Å²) in [5, 5.41) is 0. The molecule has 0 radical (unpaired) electrons. The van der Waals surface area contributed by atoms with Gasteiger partial charge in [-0.05, 0) is 13.3 Å². The predicted molar refractivity (Wildman–Crippen MR) is 47.0 cm³/mol. The highest BCUT2D eigenvalue weighted by molar-refractivity contribution is 4.46. The van der Waals surface area contributed by atoms with Gasteiger partial charge in [-0.15, -0.1) is 0 Å². The third-order valence-electron chi connectivity index (χ3n) is 2.36. The Labute approximate surface area is 65.6 Å². The lowest BCUT2D eigenvalue weighted by Gasteiger charge is -2.30. The molecule has 0 aliphatic carbocycles. The maximum atomic E-state index is 2.33. The Morgan fingerprint density at radius 3 is 2.00 bits per heavy atom. The predicted octanol–water partition coefficient (Wildman–Crippen LogP) is 2.13. The molecule has 0 bridgehead atoms. The van der Waals surface area contributed by atoms with Crippen molar-refractivity contribution in [2.75, 3.05) is 27.2 Å². The highest BCUT2D eigenvalue weighted by Gasteiger charge is 2.14. The third kappa shape index (κ3) is 3.89. The van der Waals surface area contributed by atoms with Gasteiger partial charge in [-0.3, -0.25) is 0 Å². The first-order chi connectivity index (χ1) is 4.52. The summed E-state index contributed by atoms with van der Waals surface area (Å²) in [5.74, 6) is 0.870. The quantitative estimate of drug-likeness (QED) is 0.530. The summed E-state index contributed by atoms with van der Waals surface area (Å²) in [6.07, 6.45) is 1.31. The Hall–Kier alpha value is -0.0400. The van der Waals surface area contributed by atoms with E-state index < -0.39 is 0 Å². The van der Waals surface area contributed by atoms with Crippen molar-refractivity contribution < 1.29 is 4.48 Å². The number of quaternary nitrogens is 1. The second-order valence-corrected chi connectivity index (χ2v) is 3.95. The topological polar surface area (TPSA) is 0 Å². The van der Waals surface area contributed by atoms with Gasteiger partial charge in [0.25, 0.3) is 0 Å². The molecule has 10 heavy (non-hydrogen) atoms. The van der Waals surface area contributed by atoms with Gasteiger partial charge in [0.15, 0.2) is 0 Å². The molecule has 0 saturated carbocycles. The lowest BCUT2D eigenvalue weighted by Crippen LogP contribution is -2.42.